The number of ether oxygens (including phenoxy) is 1. The Morgan fingerprint density at radius 3 is 2.69 bits per heavy atom. The Kier molecular flexibility index (Phi) is 5.50. The Bertz CT molecular complexity index is 311. The molecule has 16 heavy (non-hydrogen) atoms. The summed E-state index contributed by atoms with van der Waals surface area (Å²) in [4.78, 5) is 0. The molecule has 1 aromatic rings. The molecule has 2 unspecified atom stereocenters. The zero-order valence-corrected chi connectivity index (χ0v) is 10.6. The van der Waals surface area contributed by atoms with E-state index in [1.807, 2.05) is 0 Å². The molecule has 0 saturated carbocycles. The molecule has 1 aromatic carbocycles. The Balaban J connectivity index is 2.58. The molecule has 2 heteroatoms. The SMILES string of the molecule is CCCC(OC)C(N)Cc1cccc(C)c1. The number of hydrogen-bond donors (Lipinski definition) is 1. The highest BCUT2D eigenvalue weighted by Crippen LogP contribution is 2.12. The smallest absolute Gasteiger partial charge is 0.0725 e. The van der Waals surface area contributed by atoms with Crippen molar-refractivity contribution in [2.45, 2.75) is 45.3 Å². The molecule has 2 nitrogen and oxygen atoms in total. The van der Waals surface area contributed by atoms with Crippen molar-refractivity contribution in [3.05, 3.63) is 35.4 Å². The van der Waals surface area contributed by atoms with Gasteiger partial charge in [-0.25, -0.2) is 0 Å². The molecule has 2 atom stereocenters. The number of nitrogens with two attached hydrogens (primary N) is 1. The van der Waals surface area contributed by atoms with E-state index in [2.05, 4.69) is 38.1 Å². The van der Waals surface area contributed by atoms with Crippen molar-refractivity contribution >= 4 is 0 Å². The molecule has 0 radical (unpaired) electrons. The zero-order chi connectivity index (χ0) is 12.0. The number of aryl methyl sites for hydroxylation is 1. The van der Waals surface area contributed by atoms with Crippen LogP contribution in [0, 0.1) is 6.92 Å². The van der Waals surface area contributed by atoms with Crippen molar-refractivity contribution in [3.8, 4) is 0 Å². The Morgan fingerprint density at radius 2 is 2.12 bits per heavy atom. The van der Waals surface area contributed by atoms with Crippen molar-refractivity contribution in [3.63, 3.8) is 0 Å². The summed E-state index contributed by atoms with van der Waals surface area (Å²) in [5.74, 6) is 0. The van der Waals surface area contributed by atoms with Crippen molar-refractivity contribution < 1.29 is 4.74 Å². The Morgan fingerprint density at radius 1 is 1.38 bits per heavy atom. The summed E-state index contributed by atoms with van der Waals surface area (Å²) in [6, 6.07) is 8.60. The first kappa shape index (κ1) is 13.2. The predicted molar refractivity (Wildman–Crippen MR) is 68.6 cm³/mol. The van der Waals surface area contributed by atoms with Crippen LogP contribution in [0.4, 0.5) is 0 Å². The van der Waals surface area contributed by atoms with E-state index < -0.39 is 0 Å². The minimum atomic E-state index is 0.0896. The predicted octanol–water partition coefficient (Wildman–Crippen LogP) is 2.68. The van der Waals surface area contributed by atoms with E-state index >= 15 is 0 Å². The molecule has 0 aliphatic heterocycles. The standard InChI is InChI=1S/C14H23NO/c1-4-6-14(16-3)13(15)10-12-8-5-7-11(2)9-12/h5,7-9,13-14H,4,6,10,15H2,1-3H3. The van der Waals surface area contributed by atoms with Gasteiger partial charge in [-0.2, -0.15) is 0 Å². The van der Waals surface area contributed by atoms with Crippen LogP contribution in [-0.4, -0.2) is 19.3 Å². The summed E-state index contributed by atoms with van der Waals surface area (Å²) in [6.07, 6.45) is 3.20. The van der Waals surface area contributed by atoms with Crippen molar-refractivity contribution in [1.82, 2.24) is 0 Å². The summed E-state index contributed by atoms with van der Waals surface area (Å²) < 4.78 is 5.43. The van der Waals surface area contributed by atoms with E-state index in [0.717, 1.165) is 19.3 Å². The van der Waals surface area contributed by atoms with Crippen LogP contribution < -0.4 is 5.73 Å². The number of rotatable bonds is 6. The molecule has 0 aliphatic carbocycles. The van der Waals surface area contributed by atoms with Crippen LogP contribution in [0.3, 0.4) is 0 Å². The van der Waals surface area contributed by atoms with Crippen molar-refractivity contribution in [2.24, 2.45) is 5.73 Å². The van der Waals surface area contributed by atoms with E-state index in [9.17, 15) is 0 Å². The minimum Gasteiger partial charge on any atom is -0.380 e. The average molecular weight is 221 g/mol. The van der Waals surface area contributed by atoms with Crippen molar-refractivity contribution in [1.29, 1.82) is 0 Å². The van der Waals surface area contributed by atoms with Gasteiger partial charge in [0.2, 0.25) is 0 Å². The van der Waals surface area contributed by atoms with E-state index in [0.29, 0.717) is 0 Å². The second-order valence-electron chi connectivity index (χ2n) is 4.42. The van der Waals surface area contributed by atoms with Gasteiger partial charge in [-0.15, -0.1) is 0 Å². The second-order valence-corrected chi connectivity index (χ2v) is 4.42. The normalized spacial score (nSPS) is 14.8. The monoisotopic (exact) mass is 221 g/mol. The lowest BCUT2D eigenvalue weighted by atomic mass is 9.98. The Labute approximate surface area is 98.8 Å². The van der Waals surface area contributed by atoms with Gasteiger partial charge in [-0.3, -0.25) is 0 Å². The quantitative estimate of drug-likeness (QED) is 0.801. The summed E-state index contributed by atoms with van der Waals surface area (Å²) in [5.41, 5.74) is 8.75. The average Bonchev–Trinajstić information content (AvgIpc) is 2.25. The maximum atomic E-state index is 6.17. The maximum Gasteiger partial charge on any atom is 0.0725 e. The maximum absolute atomic E-state index is 6.17. The van der Waals surface area contributed by atoms with Gasteiger partial charge >= 0.3 is 0 Å². The highest BCUT2D eigenvalue weighted by molar-refractivity contribution is 5.23. The third kappa shape index (κ3) is 3.95. The molecular formula is C14H23NO. The molecule has 90 valence electrons. The molecule has 0 aliphatic rings. The largest absolute Gasteiger partial charge is 0.380 e. The molecule has 0 spiro atoms. The number of hydrogen-bond acceptors (Lipinski definition) is 2. The van der Waals surface area contributed by atoms with E-state index in [1.165, 1.54) is 11.1 Å². The van der Waals surface area contributed by atoms with Crippen LogP contribution in [0.5, 0.6) is 0 Å². The zero-order valence-electron chi connectivity index (χ0n) is 10.6. The first-order valence-corrected chi connectivity index (χ1v) is 6.01. The van der Waals surface area contributed by atoms with Gasteiger partial charge in [0.15, 0.2) is 0 Å². The van der Waals surface area contributed by atoms with Gasteiger partial charge in [0.1, 0.15) is 0 Å². The fourth-order valence-corrected chi connectivity index (χ4v) is 2.03. The Hall–Kier alpha value is -0.860. The lowest BCUT2D eigenvalue weighted by Crippen LogP contribution is -2.37. The van der Waals surface area contributed by atoms with Crippen LogP contribution in [-0.2, 0) is 11.2 Å². The van der Waals surface area contributed by atoms with Gasteiger partial charge in [-0.1, -0.05) is 43.2 Å². The highest BCUT2D eigenvalue weighted by atomic mass is 16.5. The summed E-state index contributed by atoms with van der Waals surface area (Å²) in [6.45, 7) is 4.26. The van der Waals surface area contributed by atoms with Crippen LogP contribution in [0.15, 0.2) is 24.3 Å². The molecule has 0 bridgehead atoms. The lowest BCUT2D eigenvalue weighted by molar-refractivity contribution is 0.0726. The highest BCUT2D eigenvalue weighted by Gasteiger charge is 2.16. The lowest BCUT2D eigenvalue weighted by Gasteiger charge is -2.22. The van der Waals surface area contributed by atoms with Gasteiger partial charge in [-0.05, 0) is 25.3 Å². The van der Waals surface area contributed by atoms with E-state index in [1.54, 1.807) is 7.11 Å². The van der Waals surface area contributed by atoms with Crippen LogP contribution in [0.25, 0.3) is 0 Å². The molecule has 0 saturated heterocycles. The number of methoxy groups -OCH3 is 1. The van der Waals surface area contributed by atoms with E-state index in [-0.39, 0.29) is 12.1 Å². The minimum absolute atomic E-state index is 0.0896. The van der Waals surface area contributed by atoms with Crippen LogP contribution >= 0.6 is 0 Å². The molecule has 0 amide bonds. The first-order valence-electron chi connectivity index (χ1n) is 6.01. The second kappa shape index (κ2) is 6.66. The molecular weight excluding hydrogens is 198 g/mol. The molecule has 1 rings (SSSR count). The van der Waals surface area contributed by atoms with E-state index in [4.69, 9.17) is 10.5 Å². The summed E-state index contributed by atoms with van der Waals surface area (Å²) in [7, 11) is 1.75. The topological polar surface area (TPSA) is 35.2 Å². The molecule has 0 heterocycles. The third-order valence-electron chi connectivity index (χ3n) is 2.91. The third-order valence-corrected chi connectivity index (χ3v) is 2.91. The molecule has 0 fully saturated rings. The number of benzene rings is 1. The van der Waals surface area contributed by atoms with Crippen LogP contribution in [0.1, 0.15) is 30.9 Å². The first-order chi connectivity index (χ1) is 7.67. The fourth-order valence-electron chi connectivity index (χ4n) is 2.03. The van der Waals surface area contributed by atoms with Crippen LogP contribution in [0.2, 0.25) is 0 Å². The molecule has 0 aromatic heterocycles. The van der Waals surface area contributed by atoms with Gasteiger partial charge in [0.05, 0.1) is 6.10 Å². The summed E-state index contributed by atoms with van der Waals surface area (Å²) in [5, 5.41) is 0. The van der Waals surface area contributed by atoms with Crippen molar-refractivity contribution in [2.75, 3.05) is 7.11 Å². The van der Waals surface area contributed by atoms with Gasteiger partial charge < -0.3 is 10.5 Å². The fraction of sp³-hybridized carbons (Fsp3) is 0.571. The van der Waals surface area contributed by atoms with Gasteiger partial charge in [0.25, 0.3) is 0 Å². The molecule has 2 N–H and O–H groups in total. The summed E-state index contributed by atoms with van der Waals surface area (Å²) >= 11 is 0. The van der Waals surface area contributed by atoms with Gasteiger partial charge in [0, 0.05) is 13.2 Å².